The molecule has 22 heavy (non-hydrogen) atoms. The Morgan fingerprint density at radius 1 is 1.23 bits per heavy atom. The quantitative estimate of drug-likeness (QED) is 0.602. The van der Waals surface area contributed by atoms with E-state index in [2.05, 4.69) is 15.5 Å². The number of ether oxygens (including phenoxy) is 1. The molecule has 0 unspecified atom stereocenters. The van der Waals surface area contributed by atoms with E-state index in [1.165, 1.54) is 0 Å². The topological polar surface area (TPSA) is 70.7 Å². The van der Waals surface area contributed by atoms with Crippen LogP contribution in [0.25, 0.3) is 0 Å². The van der Waals surface area contributed by atoms with Crippen LogP contribution in [0.1, 0.15) is 10.4 Å². The van der Waals surface area contributed by atoms with Crippen molar-refractivity contribution in [2.24, 2.45) is 0 Å². The molecule has 0 aromatic heterocycles. The average Bonchev–Trinajstić information content (AvgIpc) is 2.52. The number of carbonyl (C=O) groups is 2. The Labute approximate surface area is 138 Å². The lowest BCUT2D eigenvalue weighted by Crippen LogP contribution is -2.36. The molecule has 8 heteroatoms. The Hall–Kier alpha value is -1.50. The molecule has 0 bridgehead atoms. The zero-order chi connectivity index (χ0) is 15.9. The van der Waals surface area contributed by atoms with Crippen molar-refractivity contribution in [3.8, 4) is 0 Å². The minimum atomic E-state index is -0.365. The largest absolute Gasteiger partial charge is 0.378 e. The summed E-state index contributed by atoms with van der Waals surface area (Å²) in [6.45, 7) is 3.47. The van der Waals surface area contributed by atoms with Crippen molar-refractivity contribution in [2.75, 3.05) is 44.3 Å². The molecule has 0 spiro atoms. The summed E-state index contributed by atoms with van der Waals surface area (Å²) in [5.74, 6) is -0.365. The van der Waals surface area contributed by atoms with Crippen LogP contribution in [0.15, 0.2) is 12.1 Å². The number of amides is 2. The van der Waals surface area contributed by atoms with Gasteiger partial charge in [-0.3, -0.25) is 9.59 Å². The Kier molecular flexibility index (Phi) is 6.30. The molecular weight excluding hydrogens is 329 g/mol. The third-order valence-electron chi connectivity index (χ3n) is 3.27. The Morgan fingerprint density at radius 2 is 1.86 bits per heavy atom. The number of hydrogen-bond acceptors (Lipinski definition) is 4. The maximum absolute atomic E-state index is 12.1. The van der Waals surface area contributed by atoms with E-state index >= 15 is 0 Å². The molecule has 2 N–H and O–H groups in total. The van der Waals surface area contributed by atoms with E-state index in [-0.39, 0.29) is 11.5 Å². The van der Waals surface area contributed by atoms with Gasteiger partial charge in [-0.15, -0.1) is 0 Å². The molecule has 1 aliphatic heterocycles. The number of hydrogen-bond donors (Lipinski definition) is 2. The number of benzene rings is 1. The fourth-order valence-corrected chi connectivity index (χ4v) is 2.82. The molecule has 6 nitrogen and oxygen atoms in total. The van der Waals surface area contributed by atoms with Gasteiger partial charge in [-0.05, 0) is 12.1 Å². The standard InChI is InChI=1S/C14H17Cl2N3O3/c15-11-7-10(19-3-5-22-6-4-19)8-12(16)13(11)14(21)18-2-1-17-9-20/h7-9H,1-6H2,(H,17,20)(H,18,21). The number of nitrogens with one attached hydrogen (secondary N) is 2. The number of anilines is 1. The third-order valence-corrected chi connectivity index (χ3v) is 3.86. The van der Waals surface area contributed by atoms with Gasteiger partial charge in [-0.2, -0.15) is 0 Å². The highest BCUT2D eigenvalue weighted by Crippen LogP contribution is 2.31. The van der Waals surface area contributed by atoms with Crippen LogP contribution in [0, 0.1) is 0 Å². The molecule has 1 heterocycles. The molecule has 120 valence electrons. The van der Waals surface area contributed by atoms with Crippen LogP contribution in [0.2, 0.25) is 10.0 Å². The SMILES string of the molecule is O=CNCCNC(=O)c1c(Cl)cc(N2CCOCC2)cc1Cl. The normalized spacial score (nSPS) is 14.5. The molecule has 1 aromatic carbocycles. The van der Waals surface area contributed by atoms with Crippen LogP contribution in [0.4, 0.5) is 5.69 Å². The van der Waals surface area contributed by atoms with E-state index in [1.54, 1.807) is 12.1 Å². The van der Waals surface area contributed by atoms with Crippen molar-refractivity contribution in [2.45, 2.75) is 0 Å². The second-order valence-corrected chi connectivity index (χ2v) is 5.53. The van der Waals surface area contributed by atoms with Crippen LogP contribution < -0.4 is 15.5 Å². The van der Waals surface area contributed by atoms with Crippen LogP contribution in [0.3, 0.4) is 0 Å². The lowest BCUT2D eigenvalue weighted by molar-refractivity contribution is -0.109. The van der Waals surface area contributed by atoms with E-state index in [4.69, 9.17) is 27.9 Å². The molecule has 0 aliphatic carbocycles. The summed E-state index contributed by atoms with van der Waals surface area (Å²) in [6.07, 6.45) is 0.573. The van der Waals surface area contributed by atoms with Gasteiger partial charge in [0.25, 0.3) is 5.91 Å². The highest BCUT2D eigenvalue weighted by atomic mass is 35.5. The summed E-state index contributed by atoms with van der Waals surface area (Å²) >= 11 is 12.4. The van der Waals surface area contributed by atoms with Crippen molar-refractivity contribution >= 4 is 41.2 Å². The van der Waals surface area contributed by atoms with Crippen molar-refractivity contribution in [3.63, 3.8) is 0 Å². The number of carbonyl (C=O) groups excluding carboxylic acids is 2. The van der Waals surface area contributed by atoms with E-state index in [0.717, 1.165) is 18.8 Å². The average molecular weight is 346 g/mol. The van der Waals surface area contributed by atoms with Gasteiger partial charge >= 0.3 is 0 Å². The van der Waals surface area contributed by atoms with Gasteiger partial charge in [0.05, 0.1) is 28.8 Å². The molecule has 0 atom stereocenters. The van der Waals surface area contributed by atoms with Gasteiger partial charge in [0.15, 0.2) is 0 Å². The third kappa shape index (κ3) is 4.25. The highest BCUT2D eigenvalue weighted by molar-refractivity contribution is 6.40. The highest BCUT2D eigenvalue weighted by Gasteiger charge is 2.19. The van der Waals surface area contributed by atoms with Gasteiger partial charge in [-0.1, -0.05) is 23.2 Å². The predicted octanol–water partition coefficient (Wildman–Crippen LogP) is 1.31. The summed E-state index contributed by atoms with van der Waals surface area (Å²) in [5.41, 5.74) is 1.11. The molecule has 1 fully saturated rings. The number of halogens is 2. The lowest BCUT2D eigenvalue weighted by Gasteiger charge is -2.29. The molecule has 2 amide bonds. The Morgan fingerprint density at radius 3 is 2.45 bits per heavy atom. The zero-order valence-electron chi connectivity index (χ0n) is 11.9. The smallest absolute Gasteiger partial charge is 0.254 e. The minimum absolute atomic E-state index is 0.242. The monoisotopic (exact) mass is 345 g/mol. The van der Waals surface area contributed by atoms with Crippen LogP contribution >= 0.6 is 23.2 Å². The summed E-state index contributed by atoms with van der Waals surface area (Å²) in [5, 5.41) is 5.71. The number of rotatable bonds is 6. The first kappa shape index (κ1) is 16.9. The van der Waals surface area contributed by atoms with Gasteiger partial charge < -0.3 is 20.3 Å². The van der Waals surface area contributed by atoms with Crippen LogP contribution in [0.5, 0.6) is 0 Å². The van der Waals surface area contributed by atoms with Crippen molar-refractivity contribution in [3.05, 3.63) is 27.7 Å². The fraction of sp³-hybridized carbons (Fsp3) is 0.429. The maximum Gasteiger partial charge on any atom is 0.254 e. The summed E-state index contributed by atoms with van der Waals surface area (Å²) in [7, 11) is 0. The Balaban J connectivity index is 2.08. The maximum atomic E-state index is 12.1. The van der Waals surface area contributed by atoms with Crippen molar-refractivity contribution in [1.29, 1.82) is 0 Å². The van der Waals surface area contributed by atoms with Gasteiger partial charge in [0.1, 0.15) is 0 Å². The minimum Gasteiger partial charge on any atom is -0.378 e. The van der Waals surface area contributed by atoms with E-state index < -0.39 is 0 Å². The Bertz CT molecular complexity index is 525. The van der Waals surface area contributed by atoms with Gasteiger partial charge in [0, 0.05) is 31.9 Å². The molecule has 1 aromatic rings. The van der Waals surface area contributed by atoms with Crippen LogP contribution in [-0.2, 0) is 9.53 Å². The first-order valence-electron chi connectivity index (χ1n) is 6.90. The fourth-order valence-electron chi connectivity index (χ4n) is 2.18. The number of morpholine rings is 1. The second-order valence-electron chi connectivity index (χ2n) is 4.71. The molecule has 1 saturated heterocycles. The van der Waals surface area contributed by atoms with Crippen molar-refractivity contribution in [1.82, 2.24) is 10.6 Å². The predicted molar refractivity (Wildman–Crippen MR) is 85.9 cm³/mol. The first-order chi connectivity index (χ1) is 10.6. The second kappa shape index (κ2) is 8.22. The summed E-state index contributed by atoms with van der Waals surface area (Å²) in [4.78, 5) is 24.4. The molecular formula is C14H17Cl2N3O3. The van der Waals surface area contributed by atoms with Gasteiger partial charge in [-0.25, -0.2) is 0 Å². The number of nitrogens with zero attached hydrogens (tertiary/aromatic N) is 1. The van der Waals surface area contributed by atoms with Crippen molar-refractivity contribution < 1.29 is 14.3 Å². The molecule has 1 aliphatic rings. The lowest BCUT2D eigenvalue weighted by atomic mass is 10.1. The zero-order valence-corrected chi connectivity index (χ0v) is 13.4. The van der Waals surface area contributed by atoms with E-state index in [0.29, 0.717) is 42.8 Å². The van der Waals surface area contributed by atoms with E-state index in [1.807, 2.05) is 0 Å². The van der Waals surface area contributed by atoms with Crippen LogP contribution in [-0.4, -0.2) is 51.7 Å². The van der Waals surface area contributed by atoms with E-state index in [9.17, 15) is 9.59 Å². The summed E-state index contributed by atoms with van der Waals surface area (Å²) < 4.78 is 5.31. The molecule has 2 rings (SSSR count). The first-order valence-corrected chi connectivity index (χ1v) is 7.66. The summed E-state index contributed by atoms with van der Waals surface area (Å²) in [6, 6.07) is 3.47. The molecule has 0 saturated carbocycles. The molecule has 0 radical (unpaired) electrons. The van der Waals surface area contributed by atoms with Gasteiger partial charge in [0.2, 0.25) is 6.41 Å².